The highest BCUT2D eigenvalue weighted by atomic mass is 16.3. The van der Waals surface area contributed by atoms with Crippen LogP contribution < -0.4 is 11.1 Å². The lowest BCUT2D eigenvalue weighted by atomic mass is 10.2. The molecule has 0 spiro atoms. The summed E-state index contributed by atoms with van der Waals surface area (Å²) in [5.74, 6) is 1.92. The number of aromatic nitrogens is 2. The maximum absolute atomic E-state index is 9.42. The number of hydrogen-bond acceptors (Lipinski definition) is 5. The molecule has 5 nitrogen and oxygen atoms in total. The van der Waals surface area contributed by atoms with Crippen LogP contribution in [0, 0.1) is 13.8 Å². The third-order valence-electron chi connectivity index (χ3n) is 2.54. The normalized spacial score (nSPS) is 12.5. The van der Waals surface area contributed by atoms with Gasteiger partial charge in [-0.25, -0.2) is 9.97 Å². The number of anilines is 2. The predicted octanol–water partition coefficient (Wildman–Crippen LogP) is 1.25. The summed E-state index contributed by atoms with van der Waals surface area (Å²) < 4.78 is 0. The van der Waals surface area contributed by atoms with Crippen LogP contribution in [0.4, 0.5) is 11.6 Å². The molecule has 1 rings (SSSR count). The molecule has 0 bridgehead atoms. The Morgan fingerprint density at radius 3 is 2.69 bits per heavy atom. The topological polar surface area (TPSA) is 84.1 Å². The predicted molar refractivity (Wildman–Crippen MR) is 65.3 cm³/mol. The van der Waals surface area contributed by atoms with Crippen molar-refractivity contribution in [2.75, 3.05) is 17.6 Å². The molecule has 4 N–H and O–H groups in total. The van der Waals surface area contributed by atoms with E-state index in [0.29, 0.717) is 24.6 Å². The van der Waals surface area contributed by atoms with Gasteiger partial charge in [0, 0.05) is 12.1 Å². The summed E-state index contributed by atoms with van der Waals surface area (Å²) >= 11 is 0. The van der Waals surface area contributed by atoms with E-state index in [1.54, 1.807) is 0 Å². The number of aliphatic hydroxyl groups excluding tert-OH is 1. The van der Waals surface area contributed by atoms with Gasteiger partial charge in [0.2, 0.25) is 0 Å². The molecular formula is C11H20N4O. The fourth-order valence-corrected chi connectivity index (χ4v) is 1.38. The zero-order chi connectivity index (χ0) is 12.1. The molecule has 0 aliphatic heterocycles. The monoisotopic (exact) mass is 224 g/mol. The van der Waals surface area contributed by atoms with Crippen molar-refractivity contribution >= 4 is 11.6 Å². The number of aryl methyl sites for hydroxylation is 1. The van der Waals surface area contributed by atoms with Gasteiger partial charge in [-0.2, -0.15) is 0 Å². The first kappa shape index (κ1) is 12.7. The standard InChI is InChI=1S/C11H20N4O/c1-4-9(16)5-6-13-11-7(2)10(12)14-8(3)15-11/h9,16H,4-6H2,1-3H3,(H3,12,13,14,15). The maximum atomic E-state index is 9.42. The molecular weight excluding hydrogens is 204 g/mol. The molecule has 0 amide bonds. The first-order valence-electron chi connectivity index (χ1n) is 5.57. The van der Waals surface area contributed by atoms with Crippen LogP contribution in [0.3, 0.4) is 0 Å². The highest BCUT2D eigenvalue weighted by Crippen LogP contribution is 2.16. The van der Waals surface area contributed by atoms with Gasteiger partial charge in [-0.1, -0.05) is 6.92 Å². The second-order valence-electron chi connectivity index (χ2n) is 3.91. The lowest BCUT2D eigenvalue weighted by Gasteiger charge is -2.12. The summed E-state index contributed by atoms with van der Waals surface area (Å²) in [7, 11) is 0. The lowest BCUT2D eigenvalue weighted by Crippen LogP contribution is -2.14. The molecule has 5 heteroatoms. The Morgan fingerprint density at radius 1 is 1.38 bits per heavy atom. The van der Waals surface area contributed by atoms with Crippen LogP contribution in [0.2, 0.25) is 0 Å². The Morgan fingerprint density at radius 2 is 2.06 bits per heavy atom. The van der Waals surface area contributed by atoms with E-state index < -0.39 is 0 Å². The third kappa shape index (κ3) is 3.34. The van der Waals surface area contributed by atoms with E-state index in [9.17, 15) is 5.11 Å². The van der Waals surface area contributed by atoms with E-state index in [-0.39, 0.29) is 6.10 Å². The Kier molecular flexibility index (Phi) is 4.49. The summed E-state index contributed by atoms with van der Waals surface area (Å²) in [4.78, 5) is 8.34. The molecule has 0 saturated carbocycles. The van der Waals surface area contributed by atoms with Gasteiger partial charge in [0.25, 0.3) is 0 Å². The van der Waals surface area contributed by atoms with Crippen molar-refractivity contribution in [2.45, 2.75) is 39.7 Å². The van der Waals surface area contributed by atoms with Crippen LogP contribution in [0.25, 0.3) is 0 Å². The highest BCUT2D eigenvalue weighted by molar-refractivity contribution is 5.54. The lowest BCUT2D eigenvalue weighted by molar-refractivity contribution is 0.164. The van der Waals surface area contributed by atoms with E-state index in [4.69, 9.17) is 5.73 Å². The molecule has 0 saturated heterocycles. The van der Waals surface area contributed by atoms with Crippen molar-refractivity contribution in [1.82, 2.24) is 9.97 Å². The van der Waals surface area contributed by atoms with Gasteiger partial charge < -0.3 is 16.2 Å². The van der Waals surface area contributed by atoms with Gasteiger partial charge in [0.1, 0.15) is 17.5 Å². The number of rotatable bonds is 5. The first-order valence-corrected chi connectivity index (χ1v) is 5.57. The Labute approximate surface area is 96.1 Å². The number of hydrogen-bond donors (Lipinski definition) is 3. The van der Waals surface area contributed by atoms with Gasteiger partial charge in [-0.05, 0) is 26.7 Å². The minimum Gasteiger partial charge on any atom is -0.393 e. The van der Waals surface area contributed by atoms with Crippen LogP contribution >= 0.6 is 0 Å². The molecule has 1 aromatic rings. The van der Waals surface area contributed by atoms with Crippen LogP contribution in [0.1, 0.15) is 31.2 Å². The molecule has 1 atom stereocenters. The molecule has 0 fully saturated rings. The average Bonchev–Trinajstić information content (AvgIpc) is 2.24. The van der Waals surface area contributed by atoms with Crippen LogP contribution in [-0.4, -0.2) is 27.7 Å². The van der Waals surface area contributed by atoms with Crippen molar-refractivity contribution in [2.24, 2.45) is 0 Å². The van der Waals surface area contributed by atoms with Crippen LogP contribution in [0.15, 0.2) is 0 Å². The van der Waals surface area contributed by atoms with Crippen molar-refractivity contribution in [3.63, 3.8) is 0 Å². The smallest absolute Gasteiger partial charge is 0.134 e. The molecule has 16 heavy (non-hydrogen) atoms. The number of nitrogen functional groups attached to an aromatic ring is 1. The van der Waals surface area contributed by atoms with Crippen molar-refractivity contribution < 1.29 is 5.11 Å². The van der Waals surface area contributed by atoms with E-state index in [1.807, 2.05) is 20.8 Å². The summed E-state index contributed by atoms with van der Waals surface area (Å²) in [6.45, 7) is 6.34. The maximum Gasteiger partial charge on any atom is 0.134 e. The molecule has 0 aromatic carbocycles. The highest BCUT2D eigenvalue weighted by Gasteiger charge is 2.06. The molecule has 0 aliphatic rings. The van der Waals surface area contributed by atoms with Gasteiger partial charge in [0.05, 0.1) is 6.10 Å². The number of nitrogens with zero attached hydrogens (tertiary/aromatic N) is 2. The summed E-state index contributed by atoms with van der Waals surface area (Å²) in [6.07, 6.45) is 1.22. The van der Waals surface area contributed by atoms with Crippen LogP contribution in [0.5, 0.6) is 0 Å². The van der Waals surface area contributed by atoms with E-state index in [2.05, 4.69) is 15.3 Å². The van der Waals surface area contributed by atoms with Crippen LogP contribution in [-0.2, 0) is 0 Å². The SMILES string of the molecule is CCC(O)CCNc1nc(C)nc(N)c1C. The second-order valence-corrected chi connectivity index (χ2v) is 3.91. The van der Waals surface area contributed by atoms with Gasteiger partial charge in [0.15, 0.2) is 0 Å². The Balaban J connectivity index is 2.60. The van der Waals surface area contributed by atoms with Crippen molar-refractivity contribution in [3.05, 3.63) is 11.4 Å². The molecule has 0 aliphatic carbocycles. The van der Waals surface area contributed by atoms with Crippen molar-refractivity contribution in [3.8, 4) is 0 Å². The largest absolute Gasteiger partial charge is 0.393 e. The molecule has 1 aromatic heterocycles. The number of aliphatic hydroxyl groups is 1. The molecule has 1 unspecified atom stereocenters. The average molecular weight is 224 g/mol. The zero-order valence-corrected chi connectivity index (χ0v) is 10.1. The minimum atomic E-state index is -0.256. The van der Waals surface area contributed by atoms with Gasteiger partial charge in [-0.3, -0.25) is 0 Å². The summed E-state index contributed by atoms with van der Waals surface area (Å²) in [5.41, 5.74) is 6.60. The fraction of sp³-hybridized carbons (Fsp3) is 0.636. The first-order chi connectivity index (χ1) is 7.54. The van der Waals surface area contributed by atoms with E-state index >= 15 is 0 Å². The van der Waals surface area contributed by atoms with E-state index in [1.165, 1.54) is 0 Å². The van der Waals surface area contributed by atoms with Crippen molar-refractivity contribution in [1.29, 1.82) is 0 Å². The molecule has 0 radical (unpaired) electrons. The zero-order valence-electron chi connectivity index (χ0n) is 10.1. The molecule has 1 heterocycles. The Bertz CT molecular complexity index is 354. The Hall–Kier alpha value is -1.36. The summed E-state index contributed by atoms with van der Waals surface area (Å²) in [6, 6.07) is 0. The van der Waals surface area contributed by atoms with Gasteiger partial charge in [-0.15, -0.1) is 0 Å². The summed E-state index contributed by atoms with van der Waals surface area (Å²) in [5, 5.41) is 12.6. The van der Waals surface area contributed by atoms with Gasteiger partial charge >= 0.3 is 0 Å². The quantitative estimate of drug-likeness (QED) is 0.701. The number of nitrogens with one attached hydrogen (secondary N) is 1. The number of nitrogens with two attached hydrogens (primary N) is 1. The van der Waals surface area contributed by atoms with E-state index in [0.717, 1.165) is 17.8 Å². The minimum absolute atomic E-state index is 0.256. The third-order valence-corrected chi connectivity index (χ3v) is 2.54. The second kappa shape index (κ2) is 5.65. The fourth-order valence-electron chi connectivity index (χ4n) is 1.38. The molecule has 90 valence electrons.